The quantitative estimate of drug-likeness (QED) is 0.547. The Balaban J connectivity index is 2.99. The van der Waals surface area contributed by atoms with Gasteiger partial charge in [0.1, 0.15) is 0 Å². The Hall–Kier alpha value is -2.12. The highest BCUT2D eigenvalue weighted by Crippen LogP contribution is 2.16. The van der Waals surface area contributed by atoms with Crippen molar-refractivity contribution >= 4 is 16.1 Å². The van der Waals surface area contributed by atoms with Gasteiger partial charge in [0.25, 0.3) is 10.0 Å². The average Bonchev–Trinajstić information content (AvgIpc) is 2.58. The highest BCUT2D eigenvalue weighted by Gasteiger charge is 2.25. The fourth-order valence-corrected chi connectivity index (χ4v) is 3.32. The number of nitrogens with zero attached hydrogens (tertiary/aromatic N) is 1. The molecular weight excluding hydrogens is 352 g/mol. The number of sulfonamides is 1. The average molecular weight is 381 g/mol. The minimum Gasteiger partial charge on any atom is -0.452 e. The van der Waals surface area contributed by atoms with Crippen molar-refractivity contribution in [2.24, 2.45) is 0 Å². The van der Waals surface area contributed by atoms with Crippen LogP contribution in [-0.4, -0.2) is 32.6 Å². The molecule has 0 spiro atoms. The van der Waals surface area contributed by atoms with E-state index in [0.717, 1.165) is 28.4 Å². The summed E-state index contributed by atoms with van der Waals surface area (Å²) in [7, 11) is -2.70. The Morgan fingerprint density at radius 3 is 2.31 bits per heavy atom. The number of methoxy groups -OCH3 is 1. The molecule has 0 radical (unpaired) electrons. The Morgan fingerprint density at radius 2 is 1.77 bits per heavy atom. The second-order valence-corrected chi connectivity index (χ2v) is 8.19. The van der Waals surface area contributed by atoms with Gasteiger partial charge in [-0.25, -0.2) is 18.6 Å². The number of hydrogen-bond acceptors (Lipinski definition) is 4. The molecule has 0 aromatic heterocycles. The minimum atomic E-state index is -3.89. The monoisotopic (exact) mass is 380 g/mol. The van der Waals surface area contributed by atoms with Crippen LogP contribution < -0.4 is 5.43 Å². The van der Waals surface area contributed by atoms with Crippen LogP contribution >= 0.6 is 0 Å². The number of ether oxygens (including phenoxy) is 1. The second-order valence-electron chi connectivity index (χ2n) is 6.32. The second kappa shape index (κ2) is 10.1. The molecule has 0 heterocycles. The molecule has 0 bridgehead atoms. The molecule has 0 fully saturated rings. The molecule has 1 rings (SSSR count). The largest absolute Gasteiger partial charge is 0.452 e. The van der Waals surface area contributed by atoms with Crippen molar-refractivity contribution in [3.05, 3.63) is 53.1 Å². The molecule has 0 aliphatic rings. The van der Waals surface area contributed by atoms with Crippen molar-refractivity contribution in [1.82, 2.24) is 9.84 Å². The van der Waals surface area contributed by atoms with Crippen LogP contribution in [0, 0.1) is 6.92 Å². The van der Waals surface area contributed by atoms with E-state index >= 15 is 0 Å². The number of amides is 1. The summed E-state index contributed by atoms with van der Waals surface area (Å²) in [5.41, 5.74) is 5.51. The molecule has 0 atom stereocenters. The normalized spacial score (nSPS) is 12.0. The van der Waals surface area contributed by atoms with Crippen molar-refractivity contribution in [2.45, 2.75) is 45.4 Å². The number of benzene rings is 1. The maximum atomic E-state index is 12.8. The van der Waals surface area contributed by atoms with Gasteiger partial charge in [0, 0.05) is 0 Å². The van der Waals surface area contributed by atoms with Crippen LogP contribution in [0.4, 0.5) is 4.79 Å². The van der Waals surface area contributed by atoms with Gasteiger partial charge in [-0.3, -0.25) is 0 Å². The van der Waals surface area contributed by atoms with Crippen LogP contribution in [0.15, 0.2) is 52.5 Å². The first-order valence-corrected chi connectivity index (χ1v) is 9.84. The smallest absolute Gasteiger partial charge is 0.422 e. The van der Waals surface area contributed by atoms with Crippen molar-refractivity contribution in [3.63, 3.8) is 0 Å². The summed E-state index contributed by atoms with van der Waals surface area (Å²) in [5, 5.41) is 0. The van der Waals surface area contributed by atoms with E-state index in [1.165, 1.54) is 24.8 Å². The topological polar surface area (TPSA) is 75.7 Å². The van der Waals surface area contributed by atoms with Gasteiger partial charge >= 0.3 is 6.09 Å². The summed E-state index contributed by atoms with van der Waals surface area (Å²) in [4.78, 5) is 11.7. The summed E-state index contributed by atoms with van der Waals surface area (Å²) >= 11 is 0. The molecule has 144 valence electrons. The third kappa shape index (κ3) is 7.01. The molecule has 0 saturated carbocycles. The van der Waals surface area contributed by atoms with Crippen LogP contribution in [0.2, 0.25) is 0 Å². The van der Waals surface area contributed by atoms with E-state index in [-0.39, 0.29) is 11.4 Å². The van der Waals surface area contributed by atoms with Crippen molar-refractivity contribution in [2.75, 3.05) is 13.7 Å². The van der Waals surface area contributed by atoms with Gasteiger partial charge in [0.05, 0.1) is 18.6 Å². The third-order valence-corrected chi connectivity index (χ3v) is 5.40. The number of aryl methyl sites for hydroxylation is 1. The van der Waals surface area contributed by atoms with Crippen LogP contribution in [0.25, 0.3) is 0 Å². The van der Waals surface area contributed by atoms with Gasteiger partial charge in [-0.1, -0.05) is 41.0 Å². The molecule has 26 heavy (non-hydrogen) atoms. The lowest BCUT2D eigenvalue weighted by atomic mass is 10.1. The van der Waals surface area contributed by atoms with Crippen molar-refractivity contribution < 1.29 is 17.9 Å². The molecule has 0 aliphatic heterocycles. The molecule has 1 aromatic carbocycles. The predicted molar refractivity (Wildman–Crippen MR) is 103 cm³/mol. The van der Waals surface area contributed by atoms with Gasteiger partial charge < -0.3 is 4.74 Å². The Morgan fingerprint density at radius 1 is 1.15 bits per heavy atom. The van der Waals surface area contributed by atoms with E-state index in [9.17, 15) is 13.2 Å². The van der Waals surface area contributed by atoms with E-state index in [2.05, 4.69) is 16.2 Å². The maximum Gasteiger partial charge on any atom is 0.422 e. The van der Waals surface area contributed by atoms with E-state index in [1.54, 1.807) is 18.2 Å². The summed E-state index contributed by atoms with van der Waals surface area (Å²) < 4.78 is 31.1. The molecule has 1 N–H and O–H groups in total. The maximum absolute atomic E-state index is 12.8. The SMILES string of the molecule is COC(=O)NN(C/C=C(\C)CCC=C(C)C)S(=O)(=O)c1ccc(C)cc1. The molecule has 6 nitrogen and oxygen atoms in total. The summed E-state index contributed by atoms with van der Waals surface area (Å²) in [6.45, 7) is 7.91. The highest BCUT2D eigenvalue weighted by atomic mass is 32.2. The Bertz CT molecular complexity index is 761. The predicted octanol–water partition coefficient (Wildman–Crippen LogP) is 3.95. The number of carbonyl (C=O) groups excluding carboxylic acids is 1. The lowest BCUT2D eigenvalue weighted by molar-refractivity contribution is 0.152. The first-order valence-electron chi connectivity index (χ1n) is 8.40. The zero-order chi connectivity index (χ0) is 19.7. The summed E-state index contributed by atoms with van der Waals surface area (Å²) in [5.74, 6) is 0. The first-order chi connectivity index (χ1) is 12.2. The Kier molecular flexibility index (Phi) is 8.54. The lowest BCUT2D eigenvalue weighted by Crippen LogP contribution is -2.46. The van der Waals surface area contributed by atoms with Gasteiger partial charge in [0.15, 0.2) is 0 Å². The first kappa shape index (κ1) is 21.9. The van der Waals surface area contributed by atoms with Crippen LogP contribution in [0.3, 0.4) is 0 Å². The number of carbonyl (C=O) groups is 1. The van der Waals surface area contributed by atoms with Gasteiger partial charge in [-0.05, 0) is 52.7 Å². The van der Waals surface area contributed by atoms with Crippen LogP contribution in [-0.2, 0) is 14.8 Å². The molecule has 0 unspecified atom stereocenters. The number of hydrogen-bond donors (Lipinski definition) is 1. The zero-order valence-corrected chi connectivity index (χ0v) is 16.9. The van der Waals surface area contributed by atoms with Crippen LogP contribution in [0.5, 0.6) is 0 Å². The van der Waals surface area contributed by atoms with Gasteiger partial charge in [-0.15, -0.1) is 4.41 Å². The Labute approximate surface area is 156 Å². The lowest BCUT2D eigenvalue weighted by Gasteiger charge is -2.21. The minimum absolute atomic E-state index is 0.0198. The van der Waals surface area contributed by atoms with E-state index in [4.69, 9.17) is 0 Å². The standard InChI is InChI=1S/C19H28N2O4S/c1-15(2)7-6-8-16(3)13-14-21(20-19(22)25-5)26(23,24)18-11-9-17(4)10-12-18/h7,9-13H,6,8,14H2,1-5H3,(H,20,22)/b16-13+. The van der Waals surface area contributed by atoms with Crippen LogP contribution in [0.1, 0.15) is 39.2 Å². The number of nitrogens with one attached hydrogen (secondary N) is 1. The number of hydrazine groups is 1. The third-order valence-electron chi connectivity index (χ3n) is 3.71. The van der Waals surface area contributed by atoms with Crippen molar-refractivity contribution in [3.8, 4) is 0 Å². The van der Waals surface area contributed by atoms with E-state index in [1.807, 2.05) is 27.7 Å². The summed E-state index contributed by atoms with van der Waals surface area (Å²) in [6.07, 6.45) is 4.80. The van der Waals surface area contributed by atoms with E-state index < -0.39 is 16.1 Å². The van der Waals surface area contributed by atoms with Crippen molar-refractivity contribution in [1.29, 1.82) is 0 Å². The number of allylic oxidation sites excluding steroid dienone is 3. The fourth-order valence-electron chi connectivity index (χ4n) is 2.12. The summed E-state index contributed by atoms with van der Waals surface area (Å²) in [6, 6.07) is 6.46. The molecule has 0 saturated heterocycles. The number of rotatable bonds is 8. The fraction of sp³-hybridized carbons (Fsp3) is 0.421. The molecule has 7 heteroatoms. The zero-order valence-electron chi connectivity index (χ0n) is 16.1. The molecule has 1 aromatic rings. The molecule has 1 amide bonds. The van der Waals surface area contributed by atoms with Gasteiger partial charge in [-0.2, -0.15) is 0 Å². The molecular formula is C19H28N2O4S. The highest BCUT2D eigenvalue weighted by molar-refractivity contribution is 7.89. The van der Waals surface area contributed by atoms with E-state index in [0.29, 0.717) is 0 Å². The molecule has 0 aliphatic carbocycles. The van der Waals surface area contributed by atoms with Gasteiger partial charge in [0.2, 0.25) is 0 Å².